The minimum Gasteiger partial charge on any atom is -0.508 e. The molecule has 0 aliphatic carbocycles. The van der Waals surface area contributed by atoms with Crippen LogP contribution >= 0.6 is 0 Å². The van der Waals surface area contributed by atoms with E-state index in [4.69, 9.17) is 9.84 Å². The van der Waals surface area contributed by atoms with Crippen molar-refractivity contribution in [2.24, 2.45) is 0 Å². The van der Waals surface area contributed by atoms with Crippen LogP contribution in [0, 0.1) is 6.07 Å². The van der Waals surface area contributed by atoms with Crippen molar-refractivity contribution in [1.82, 2.24) is 0 Å². The number of hydrogen-bond donors (Lipinski definition) is 1. The van der Waals surface area contributed by atoms with Gasteiger partial charge in [-0.05, 0) is 25.1 Å². The molecular weight excluding hydrogens is 128 g/mol. The first-order valence-corrected chi connectivity index (χ1v) is 3.16. The maximum atomic E-state index is 8.84. The third-order valence-corrected chi connectivity index (χ3v) is 1.07. The van der Waals surface area contributed by atoms with E-state index >= 15 is 0 Å². The van der Waals surface area contributed by atoms with Gasteiger partial charge in [-0.2, -0.15) is 0 Å². The Hall–Kier alpha value is -1.18. The van der Waals surface area contributed by atoms with Gasteiger partial charge in [0.15, 0.2) is 0 Å². The lowest BCUT2D eigenvalue weighted by atomic mass is 10.3. The van der Waals surface area contributed by atoms with Gasteiger partial charge in [0.2, 0.25) is 0 Å². The fraction of sp³-hybridized carbons (Fsp3) is 0.250. The molecule has 0 spiro atoms. The normalized spacial score (nSPS) is 9.30. The first-order valence-electron chi connectivity index (χ1n) is 3.16. The third-order valence-electron chi connectivity index (χ3n) is 1.07. The second-order valence-corrected chi connectivity index (χ2v) is 1.84. The topological polar surface area (TPSA) is 29.5 Å². The molecule has 0 aliphatic heterocycles. The van der Waals surface area contributed by atoms with E-state index in [0.29, 0.717) is 12.4 Å². The van der Waals surface area contributed by atoms with Crippen LogP contribution in [0.5, 0.6) is 11.5 Å². The fourth-order valence-electron chi connectivity index (χ4n) is 0.648. The Labute approximate surface area is 60.1 Å². The van der Waals surface area contributed by atoms with E-state index in [1.807, 2.05) is 6.92 Å². The average molecular weight is 137 g/mol. The van der Waals surface area contributed by atoms with Gasteiger partial charge in [-0.25, -0.2) is 0 Å². The summed E-state index contributed by atoms with van der Waals surface area (Å²) in [6, 6.07) is 7.49. The van der Waals surface area contributed by atoms with Crippen LogP contribution in [-0.4, -0.2) is 11.7 Å². The molecule has 1 rings (SSSR count). The molecule has 0 amide bonds. The Morgan fingerprint density at radius 1 is 1.60 bits per heavy atom. The maximum absolute atomic E-state index is 8.84. The lowest BCUT2D eigenvalue weighted by Crippen LogP contribution is -1.89. The van der Waals surface area contributed by atoms with E-state index in [-0.39, 0.29) is 5.75 Å². The highest BCUT2D eigenvalue weighted by Gasteiger charge is 1.90. The Morgan fingerprint density at radius 2 is 2.40 bits per heavy atom. The van der Waals surface area contributed by atoms with E-state index in [1.165, 1.54) is 6.07 Å². The van der Waals surface area contributed by atoms with E-state index in [0.717, 1.165) is 0 Å². The summed E-state index contributed by atoms with van der Waals surface area (Å²) in [4.78, 5) is 0. The predicted molar refractivity (Wildman–Crippen MR) is 38.1 cm³/mol. The summed E-state index contributed by atoms with van der Waals surface area (Å²) in [5.74, 6) is 0.878. The van der Waals surface area contributed by atoms with Gasteiger partial charge in [0.1, 0.15) is 11.5 Å². The molecule has 1 radical (unpaired) electrons. The van der Waals surface area contributed by atoms with Gasteiger partial charge >= 0.3 is 0 Å². The van der Waals surface area contributed by atoms with Crippen molar-refractivity contribution in [2.45, 2.75) is 6.92 Å². The molecule has 0 bridgehead atoms. The van der Waals surface area contributed by atoms with Gasteiger partial charge in [0.05, 0.1) is 6.61 Å². The van der Waals surface area contributed by atoms with Crippen LogP contribution in [-0.2, 0) is 0 Å². The highest BCUT2D eigenvalue weighted by atomic mass is 16.5. The smallest absolute Gasteiger partial charge is 0.127 e. The van der Waals surface area contributed by atoms with Crippen molar-refractivity contribution in [1.29, 1.82) is 0 Å². The highest BCUT2D eigenvalue weighted by Crippen LogP contribution is 2.14. The summed E-state index contributed by atoms with van der Waals surface area (Å²) in [6.45, 7) is 2.53. The van der Waals surface area contributed by atoms with Crippen molar-refractivity contribution in [3.63, 3.8) is 0 Å². The Morgan fingerprint density at radius 3 is 2.90 bits per heavy atom. The van der Waals surface area contributed by atoms with E-state index < -0.39 is 0 Å². The predicted octanol–water partition coefficient (Wildman–Crippen LogP) is 1.59. The molecule has 1 N–H and O–H groups in total. The zero-order valence-electron chi connectivity index (χ0n) is 5.79. The first kappa shape index (κ1) is 6.93. The van der Waals surface area contributed by atoms with E-state index in [2.05, 4.69) is 6.07 Å². The molecule has 10 heavy (non-hydrogen) atoms. The zero-order valence-corrected chi connectivity index (χ0v) is 5.79. The lowest BCUT2D eigenvalue weighted by Gasteiger charge is -2.00. The second kappa shape index (κ2) is 3.11. The molecule has 0 saturated heterocycles. The number of benzene rings is 1. The molecule has 2 heteroatoms. The van der Waals surface area contributed by atoms with Crippen molar-refractivity contribution >= 4 is 0 Å². The summed E-state index contributed by atoms with van der Waals surface area (Å²) >= 11 is 0. The second-order valence-electron chi connectivity index (χ2n) is 1.84. The zero-order chi connectivity index (χ0) is 7.40. The van der Waals surface area contributed by atoms with E-state index in [1.54, 1.807) is 12.1 Å². The van der Waals surface area contributed by atoms with Crippen molar-refractivity contribution in [3.8, 4) is 11.5 Å². The average Bonchev–Trinajstić information content (AvgIpc) is 1.95. The van der Waals surface area contributed by atoms with Crippen LogP contribution in [0.4, 0.5) is 0 Å². The summed E-state index contributed by atoms with van der Waals surface area (Å²) in [5, 5.41) is 8.84. The van der Waals surface area contributed by atoms with Gasteiger partial charge in [-0.1, -0.05) is 0 Å². The number of rotatable bonds is 2. The molecule has 1 aromatic rings. The number of ether oxygens (including phenoxy) is 1. The van der Waals surface area contributed by atoms with Gasteiger partial charge in [0.25, 0.3) is 0 Å². The quantitative estimate of drug-likeness (QED) is 0.670. The maximum Gasteiger partial charge on any atom is 0.127 e. The van der Waals surface area contributed by atoms with Gasteiger partial charge in [-0.3, -0.25) is 0 Å². The van der Waals surface area contributed by atoms with Gasteiger partial charge in [-0.15, -0.1) is 0 Å². The Kier molecular flexibility index (Phi) is 2.15. The molecule has 0 saturated carbocycles. The first-order chi connectivity index (χ1) is 4.83. The monoisotopic (exact) mass is 137 g/mol. The molecule has 0 unspecified atom stereocenters. The largest absolute Gasteiger partial charge is 0.508 e. The molecule has 0 fully saturated rings. The summed E-state index contributed by atoms with van der Waals surface area (Å²) in [5.41, 5.74) is 0. The van der Waals surface area contributed by atoms with Crippen LogP contribution < -0.4 is 4.74 Å². The number of phenolic OH excluding ortho intramolecular Hbond substituents is 1. The van der Waals surface area contributed by atoms with Crippen LogP contribution in [0.1, 0.15) is 6.92 Å². The van der Waals surface area contributed by atoms with E-state index in [9.17, 15) is 0 Å². The molecule has 0 heterocycles. The number of hydrogen-bond acceptors (Lipinski definition) is 2. The van der Waals surface area contributed by atoms with Crippen LogP contribution in [0.15, 0.2) is 18.2 Å². The fourth-order valence-corrected chi connectivity index (χ4v) is 0.648. The molecule has 0 aromatic heterocycles. The molecular formula is C8H9O2. The summed E-state index contributed by atoms with van der Waals surface area (Å²) in [7, 11) is 0. The van der Waals surface area contributed by atoms with Crippen molar-refractivity contribution < 1.29 is 9.84 Å². The summed E-state index contributed by atoms with van der Waals surface area (Å²) in [6.07, 6.45) is 0. The molecule has 2 nitrogen and oxygen atoms in total. The van der Waals surface area contributed by atoms with Crippen LogP contribution in [0.2, 0.25) is 0 Å². The van der Waals surface area contributed by atoms with Crippen LogP contribution in [0.25, 0.3) is 0 Å². The lowest BCUT2D eigenvalue weighted by molar-refractivity contribution is 0.338. The number of phenols is 1. The highest BCUT2D eigenvalue weighted by molar-refractivity contribution is 5.28. The Bertz CT molecular complexity index is 191. The van der Waals surface area contributed by atoms with Crippen LogP contribution in [0.3, 0.4) is 0 Å². The summed E-state index contributed by atoms with van der Waals surface area (Å²) < 4.78 is 5.09. The SMILES string of the molecule is CCOc1[c]cc(O)cc1. The molecule has 0 aliphatic rings. The number of aromatic hydroxyl groups is 1. The standard InChI is InChI=1S/C8H9O2/c1-2-10-8-5-3-7(9)4-6-8/h3-5,9H,2H2,1H3. The Balaban J connectivity index is 2.69. The minimum absolute atomic E-state index is 0.212. The minimum atomic E-state index is 0.212. The van der Waals surface area contributed by atoms with Crippen molar-refractivity contribution in [3.05, 3.63) is 24.3 Å². The van der Waals surface area contributed by atoms with Gasteiger partial charge < -0.3 is 9.84 Å². The third kappa shape index (κ3) is 1.65. The molecule has 53 valence electrons. The molecule has 0 atom stereocenters. The molecule has 1 aromatic carbocycles. The van der Waals surface area contributed by atoms with Crippen molar-refractivity contribution in [2.75, 3.05) is 6.61 Å². The van der Waals surface area contributed by atoms with Gasteiger partial charge in [0, 0.05) is 6.07 Å².